The highest BCUT2D eigenvalue weighted by atomic mass is 35.5. The lowest BCUT2D eigenvalue weighted by Crippen LogP contribution is -1.95. The number of benzene rings is 2. The molecule has 2 aromatic rings. The van der Waals surface area contributed by atoms with E-state index in [4.69, 9.17) is 18.5 Å². The molecular weight excluding hydrogens is 232 g/mol. The average Bonchev–Trinajstić information content (AvgIpc) is 2.80. The van der Waals surface area contributed by atoms with E-state index >= 15 is 0 Å². The number of hydrogen-bond donors (Lipinski definition) is 0. The molecule has 0 radical (unpaired) electrons. The SMILES string of the molecule is [2H]c1c([2H])c([2H])c(C2CC(=O)c3cc(Cl)ccc32)c([2H])c1[2H]. The zero-order chi connectivity index (χ0) is 16.2. The van der Waals surface area contributed by atoms with Crippen LogP contribution < -0.4 is 0 Å². The predicted molar refractivity (Wildman–Crippen MR) is 68.7 cm³/mol. The molecule has 0 heterocycles. The van der Waals surface area contributed by atoms with E-state index in [1.165, 1.54) is 0 Å². The standard InChI is InChI=1S/C15H11ClO/c16-11-6-7-12-13(9-15(17)14(12)8-11)10-4-2-1-3-5-10/h1-8,13H,9H2/i1D,2D,3D,4D,5D. The summed E-state index contributed by atoms with van der Waals surface area (Å²) >= 11 is 5.91. The van der Waals surface area contributed by atoms with Gasteiger partial charge in [0.05, 0.1) is 6.85 Å². The summed E-state index contributed by atoms with van der Waals surface area (Å²) < 4.78 is 39.2. The third-order valence-electron chi connectivity index (χ3n) is 2.95. The second kappa shape index (κ2) is 4.01. The van der Waals surface area contributed by atoms with Crippen molar-refractivity contribution in [3.8, 4) is 0 Å². The highest BCUT2D eigenvalue weighted by Crippen LogP contribution is 2.38. The van der Waals surface area contributed by atoms with E-state index in [-0.39, 0.29) is 41.9 Å². The van der Waals surface area contributed by atoms with Crippen LogP contribution in [0.15, 0.2) is 48.4 Å². The molecule has 2 aromatic carbocycles. The van der Waals surface area contributed by atoms with Crippen LogP contribution >= 0.6 is 11.6 Å². The minimum atomic E-state index is -0.534. The Bertz CT molecular complexity index is 789. The van der Waals surface area contributed by atoms with E-state index in [9.17, 15) is 4.79 Å². The van der Waals surface area contributed by atoms with Crippen LogP contribution in [0.1, 0.15) is 40.7 Å². The van der Waals surface area contributed by atoms with Gasteiger partial charge in [-0.05, 0) is 23.3 Å². The van der Waals surface area contributed by atoms with Crippen molar-refractivity contribution in [2.45, 2.75) is 12.3 Å². The van der Waals surface area contributed by atoms with Crippen molar-refractivity contribution in [3.05, 3.63) is 70.1 Å². The fraction of sp³-hybridized carbons (Fsp3) is 0.133. The molecule has 0 N–H and O–H groups in total. The first-order chi connectivity index (χ1) is 10.3. The molecule has 0 spiro atoms. The first-order valence-corrected chi connectivity index (χ1v) is 5.60. The van der Waals surface area contributed by atoms with Crippen LogP contribution in [0.2, 0.25) is 5.02 Å². The Morgan fingerprint density at radius 3 is 2.76 bits per heavy atom. The van der Waals surface area contributed by atoms with E-state index in [2.05, 4.69) is 0 Å². The van der Waals surface area contributed by atoms with E-state index in [0.717, 1.165) is 0 Å². The monoisotopic (exact) mass is 247 g/mol. The lowest BCUT2D eigenvalue weighted by atomic mass is 9.93. The Morgan fingerprint density at radius 2 is 2.00 bits per heavy atom. The number of hydrogen-bond acceptors (Lipinski definition) is 1. The smallest absolute Gasteiger partial charge is 0.164 e. The fourth-order valence-corrected chi connectivity index (χ4v) is 2.34. The molecule has 17 heavy (non-hydrogen) atoms. The molecular formula is C15H11ClO. The highest BCUT2D eigenvalue weighted by Gasteiger charge is 2.30. The third kappa shape index (κ3) is 1.77. The van der Waals surface area contributed by atoms with Crippen LogP contribution in [-0.2, 0) is 0 Å². The van der Waals surface area contributed by atoms with E-state index in [1.807, 2.05) is 0 Å². The molecule has 0 fully saturated rings. The molecule has 0 aromatic heterocycles. The van der Waals surface area contributed by atoms with Gasteiger partial charge in [-0.2, -0.15) is 0 Å². The summed E-state index contributed by atoms with van der Waals surface area (Å²) in [6, 6.07) is 3.18. The largest absolute Gasteiger partial charge is 0.294 e. The van der Waals surface area contributed by atoms with Crippen molar-refractivity contribution in [2.24, 2.45) is 0 Å². The molecule has 84 valence electrons. The van der Waals surface area contributed by atoms with Crippen LogP contribution in [0, 0.1) is 0 Å². The molecule has 1 nitrogen and oxygen atoms in total. The van der Waals surface area contributed by atoms with Gasteiger partial charge in [0.2, 0.25) is 0 Å². The maximum atomic E-state index is 12.1. The van der Waals surface area contributed by atoms with Gasteiger partial charge in [-0.15, -0.1) is 0 Å². The van der Waals surface area contributed by atoms with Crippen LogP contribution in [0.25, 0.3) is 0 Å². The summed E-state index contributed by atoms with van der Waals surface area (Å²) in [5.74, 6) is -0.664. The topological polar surface area (TPSA) is 17.1 Å². The average molecular weight is 248 g/mol. The Hall–Kier alpha value is -1.60. The predicted octanol–water partition coefficient (Wildman–Crippen LogP) is 4.06. The van der Waals surface area contributed by atoms with Gasteiger partial charge < -0.3 is 0 Å². The second-order valence-electron chi connectivity index (χ2n) is 3.95. The Morgan fingerprint density at radius 1 is 1.24 bits per heavy atom. The van der Waals surface area contributed by atoms with Crippen molar-refractivity contribution in [1.29, 1.82) is 0 Å². The molecule has 1 unspecified atom stereocenters. The van der Waals surface area contributed by atoms with Gasteiger partial charge in [0.1, 0.15) is 0 Å². The minimum Gasteiger partial charge on any atom is -0.294 e. The van der Waals surface area contributed by atoms with Crippen molar-refractivity contribution < 1.29 is 11.6 Å². The molecule has 0 saturated heterocycles. The number of fused-ring (bicyclic) bond motifs is 1. The summed E-state index contributed by atoms with van der Waals surface area (Å²) in [4.78, 5) is 12.1. The number of halogens is 1. The maximum absolute atomic E-state index is 12.1. The molecule has 2 heteroatoms. The number of carbonyl (C=O) groups excluding carboxylic acids is 1. The number of Topliss-reactive ketones (excluding diaryl/α,β-unsaturated/α-hetero) is 1. The van der Waals surface area contributed by atoms with E-state index < -0.39 is 12.0 Å². The van der Waals surface area contributed by atoms with Crippen LogP contribution in [-0.4, -0.2) is 5.78 Å². The molecule has 0 aliphatic heterocycles. The first kappa shape index (κ1) is 6.36. The first-order valence-electron chi connectivity index (χ1n) is 7.72. The molecule has 0 saturated carbocycles. The maximum Gasteiger partial charge on any atom is 0.164 e. The molecule has 0 amide bonds. The zero-order valence-electron chi connectivity index (χ0n) is 13.8. The van der Waals surface area contributed by atoms with Gasteiger partial charge in [0, 0.05) is 22.9 Å². The number of rotatable bonds is 1. The van der Waals surface area contributed by atoms with Gasteiger partial charge in [-0.25, -0.2) is 0 Å². The van der Waals surface area contributed by atoms with Crippen LogP contribution in [0.3, 0.4) is 0 Å². The van der Waals surface area contributed by atoms with Gasteiger partial charge >= 0.3 is 0 Å². The number of carbonyl (C=O) groups is 1. The van der Waals surface area contributed by atoms with Gasteiger partial charge in [0.25, 0.3) is 0 Å². The fourth-order valence-electron chi connectivity index (χ4n) is 2.17. The van der Waals surface area contributed by atoms with Crippen LogP contribution in [0.5, 0.6) is 0 Å². The third-order valence-corrected chi connectivity index (χ3v) is 3.18. The molecule has 3 rings (SSSR count). The van der Waals surface area contributed by atoms with Crippen molar-refractivity contribution in [3.63, 3.8) is 0 Å². The normalized spacial score (nSPS) is 22.3. The quantitative estimate of drug-likeness (QED) is 0.743. The number of ketones is 1. The second-order valence-corrected chi connectivity index (χ2v) is 4.39. The lowest BCUT2D eigenvalue weighted by Gasteiger charge is -2.10. The van der Waals surface area contributed by atoms with E-state index in [1.54, 1.807) is 18.2 Å². The lowest BCUT2D eigenvalue weighted by molar-refractivity contribution is 0.0991. The summed E-state index contributed by atoms with van der Waals surface area (Å²) in [7, 11) is 0. The Kier molecular flexibility index (Phi) is 1.50. The van der Waals surface area contributed by atoms with Crippen molar-refractivity contribution >= 4 is 17.4 Å². The molecule has 1 aliphatic rings. The van der Waals surface area contributed by atoms with Gasteiger partial charge in [0.15, 0.2) is 5.78 Å². The van der Waals surface area contributed by atoms with Gasteiger partial charge in [-0.3, -0.25) is 4.79 Å². The van der Waals surface area contributed by atoms with Crippen molar-refractivity contribution in [1.82, 2.24) is 0 Å². The van der Waals surface area contributed by atoms with Crippen molar-refractivity contribution in [2.75, 3.05) is 0 Å². The Labute approximate surface area is 112 Å². The summed E-state index contributed by atoms with van der Waals surface area (Å²) in [6.45, 7) is 0. The van der Waals surface area contributed by atoms with E-state index in [0.29, 0.717) is 16.1 Å². The Balaban J connectivity index is 2.26. The molecule has 1 aliphatic carbocycles. The molecule has 1 atom stereocenters. The zero-order valence-corrected chi connectivity index (χ0v) is 9.56. The van der Waals surface area contributed by atoms with Crippen LogP contribution in [0.4, 0.5) is 0 Å². The summed E-state index contributed by atoms with van der Waals surface area (Å²) in [5, 5.41) is 0.439. The molecule has 0 bridgehead atoms. The summed E-state index contributed by atoms with van der Waals surface area (Å²) in [6.07, 6.45) is 0.0870. The highest BCUT2D eigenvalue weighted by molar-refractivity contribution is 6.31. The minimum absolute atomic E-state index is 0.0870. The van der Waals surface area contributed by atoms with Gasteiger partial charge in [-0.1, -0.05) is 47.9 Å². The summed E-state index contributed by atoms with van der Waals surface area (Å²) in [5.41, 5.74) is 1.29.